The number of rotatable bonds is 7. The first-order chi connectivity index (χ1) is 14.5. The molecule has 0 N–H and O–H groups in total. The van der Waals surface area contributed by atoms with Gasteiger partial charge in [0.1, 0.15) is 11.6 Å². The van der Waals surface area contributed by atoms with Crippen LogP contribution in [0.15, 0.2) is 60.7 Å². The van der Waals surface area contributed by atoms with E-state index in [2.05, 4.69) is 22.8 Å². The highest BCUT2D eigenvalue weighted by atomic mass is 35.5. The van der Waals surface area contributed by atoms with Crippen LogP contribution in [0.3, 0.4) is 0 Å². The van der Waals surface area contributed by atoms with Crippen molar-refractivity contribution < 1.29 is 4.74 Å². The lowest BCUT2D eigenvalue weighted by molar-refractivity contribution is 0.303. The molecule has 4 aromatic rings. The molecule has 0 spiro atoms. The minimum Gasteiger partial charge on any atom is -0.494 e. The first-order valence-corrected chi connectivity index (χ1v) is 10.9. The van der Waals surface area contributed by atoms with Gasteiger partial charge in [-0.05, 0) is 86.3 Å². The van der Waals surface area contributed by atoms with E-state index in [9.17, 15) is 0 Å². The van der Waals surface area contributed by atoms with E-state index in [-0.39, 0.29) is 0 Å². The molecule has 0 aliphatic carbocycles. The summed E-state index contributed by atoms with van der Waals surface area (Å²) in [5.74, 6) is 1.85. The Morgan fingerprint density at radius 1 is 0.900 bits per heavy atom. The highest BCUT2D eigenvalue weighted by molar-refractivity contribution is 6.32. The fraction of sp³-hybridized carbons (Fsp3) is 0.240. The molecular formula is C25H24Cl2N2O. The van der Waals surface area contributed by atoms with Crippen molar-refractivity contribution in [2.45, 2.75) is 33.2 Å². The Bertz CT molecular complexity index is 1140. The van der Waals surface area contributed by atoms with E-state index in [1.807, 2.05) is 56.3 Å². The molecule has 0 saturated heterocycles. The summed E-state index contributed by atoms with van der Waals surface area (Å²) in [6.07, 6.45) is 1.94. The number of imidazole rings is 1. The van der Waals surface area contributed by atoms with Crippen LogP contribution in [0.2, 0.25) is 10.0 Å². The van der Waals surface area contributed by atoms with Crippen LogP contribution in [-0.4, -0.2) is 16.2 Å². The number of unbranched alkanes of at least 4 members (excludes halogenated alkanes) is 1. The van der Waals surface area contributed by atoms with E-state index in [0.29, 0.717) is 6.61 Å². The number of benzene rings is 3. The van der Waals surface area contributed by atoms with Gasteiger partial charge in [-0.25, -0.2) is 4.98 Å². The molecule has 154 valence electrons. The first-order valence-electron chi connectivity index (χ1n) is 10.1. The Morgan fingerprint density at radius 3 is 2.33 bits per heavy atom. The predicted octanol–water partition coefficient (Wildman–Crippen LogP) is 7.49. The zero-order valence-corrected chi connectivity index (χ0v) is 18.7. The van der Waals surface area contributed by atoms with Crippen LogP contribution >= 0.6 is 23.2 Å². The molecule has 0 fully saturated rings. The zero-order valence-electron chi connectivity index (χ0n) is 17.2. The molecule has 0 bridgehead atoms. The highest BCUT2D eigenvalue weighted by Gasteiger charge is 2.12. The standard InChI is InChI=1S/C25H24Cl2N2O/c1-17-15-21(16-18(2)24(17)27)30-14-6-5-13-29-23-8-4-3-7-22(23)28-25(29)19-9-11-20(26)12-10-19/h3-4,7-12,15-16H,5-6,13-14H2,1-2H3. The second kappa shape index (κ2) is 9.11. The van der Waals surface area contributed by atoms with Gasteiger partial charge in [-0.2, -0.15) is 0 Å². The van der Waals surface area contributed by atoms with Crippen molar-refractivity contribution in [3.63, 3.8) is 0 Å². The van der Waals surface area contributed by atoms with Gasteiger partial charge in [0.05, 0.1) is 17.6 Å². The van der Waals surface area contributed by atoms with Gasteiger partial charge in [-0.3, -0.25) is 0 Å². The molecule has 0 saturated carbocycles. The van der Waals surface area contributed by atoms with Gasteiger partial charge >= 0.3 is 0 Å². The van der Waals surface area contributed by atoms with Crippen molar-refractivity contribution in [2.24, 2.45) is 0 Å². The quantitative estimate of drug-likeness (QED) is 0.279. The molecule has 0 atom stereocenters. The lowest BCUT2D eigenvalue weighted by atomic mass is 10.1. The number of fused-ring (bicyclic) bond motifs is 1. The largest absolute Gasteiger partial charge is 0.494 e. The van der Waals surface area contributed by atoms with Crippen molar-refractivity contribution in [1.29, 1.82) is 0 Å². The van der Waals surface area contributed by atoms with Crippen LogP contribution in [0.1, 0.15) is 24.0 Å². The monoisotopic (exact) mass is 438 g/mol. The Hall–Kier alpha value is -2.49. The summed E-state index contributed by atoms with van der Waals surface area (Å²) in [4.78, 5) is 4.86. The molecule has 30 heavy (non-hydrogen) atoms. The van der Waals surface area contributed by atoms with Gasteiger partial charge < -0.3 is 9.30 Å². The van der Waals surface area contributed by atoms with Crippen molar-refractivity contribution >= 4 is 34.2 Å². The molecule has 4 rings (SSSR count). The molecule has 3 nitrogen and oxygen atoms in total. The molecule has 0 aliphatic rings. The molecule has 1 heterocycles. The van der Waals surface area contributed by atoms with Crippen molar-refractivity contribution in [3.05, 3.63) is 81.8 Å². The predicted molar refractivity (Wildman–Crippen MR) is 126 cm³/mol. The van der Waals surface area contributed by atoms with E-state index in [0.717, 1.165) is 68.7 Å². The lowest BCUT2D eigenvalue weighted by Crippen LogP contribution is -2.04. The molecule has 0 radical (unpaired) electrons. The maximum atomic E-state index is 6.24. The summed E-state index contributed by atoms with van der Waals surface area (Å²) in [5, 5.41) is 1.54. The Kier molecular flexibility index (Phi) is 6.31. The Morgan fingerprint density at radius 2 is 1.60 bits per heavy atom. The SMILES string of the molecule is Cc1cc(OCCCCn2c(-c3ccc(Cl)cc3)nc3ccccc32)cc(C)c1Cl. The number of hydrogen-bond donors (Lipinski definition) is 0. The maximum Gasteiger partial charge on any atom is 0.141 e. The van der Waals surface area contributed by atoms with Gasteiger partial charge in [0, 0.05) is 22.2 Å². The Labute approximate surface area is 187 Å². The number of halogens is 2. The minimum atomic E-state index is 0.670. The highest BCUT2D eigenvalue weighted by Crippen LogP contribution is 2.27. The van der Waals surface area contributed by atoms with E-state index < -0.39 is 0 Å². The third-order valence-corrected chi connectivity index (χ3v) is 6.06. The fourth-order valence-electron chi connectivity index (χ4n) is 3.67. The van der Waals surface area contributed by atoms with Crippen LogP contribution in [0.25, 0.3) is 22.4 Å². The van der Waals surface area contributed by atoms with Crippen LogP contribution in [0, 0.1) is 13.8 Å². The summed E-state index contributed by atoms with van der Waals surface area (Å²) < 4.78 is 8.25. The summed E-state index contributed by atoms with van der Waals surface area (Å²) in [6.45, 7) is 5.55. The summed E-state index contributed by atoms with van der Waals surface area (Å²) in [6, 6.07) is 20.1. The third kappa shape index (κ3) is 4.48. The number of aryl methyl sites for hydroxylation is 3. The molecule has 1 aromatic heterocycles. The minimum absolute atomic E-state index is 0.670. The van der Waals surface area contributed by atoms with E-state index in [4.69, 9.17) is 32.9 Å². The van der Waals surface area contributed by atoms with Gasteiger partial charge in [-0.15, -0.1) is 0 Å². The number of nitrogens with zero attached hydrogens (tertiary/aromatic N) is 2. The molecule has 0 amide bonds. The van der Waals surface area contributed by atoms with E-state index in [1.165, 1.54) is 0 Å². The maximum absolute atomic E-state index is 6.24. The van der Waals surface area contributed by atoms with Gasteiger partial charge in [0.15, 0.2) is 0 Å². The molecule has 0 unspecified atom stereocenters. The van der Waals surface area contributed by atoms with Crippen LogP contribution in [0.4, 0.5) is 0 Å². The fourth-order valence-corrected chi connectivity index (χ4v) is 3.91. The zero-order chi connectivity index (χ0) is 21.1. The van der Waals surface area contributed by atoms with Crippen molar-refractivity contribution in [1.82, 2.24) is 9.55 Å². The van der Waals surface area contributed by atoms with Gasteiger partial charge in [0.2, 0.25) is 0 Å². The topological polar surface area (TPSA) is 27.1 Å². The second-order valence-electron chi connectivity index (χ2n) is 7.51. The lowest BCUT2D eigenvalue weighted by Gasteiger charge is -2.12. The van der Waals surface area contributed by atoms with E-state index >= 15 is 0 Å². The van der Waals surface area contributed by atoms with Crippen molar-refractivity contribution in [3.8, 4) is 17.1 Å². The van der Waals surface area contributed by atoms with Crippen LogP contribution in [-0.2, 0) is 6.54 Å². The Balaban J connectivity index is 1.45. The average Bonchev–Trinajstić information content (AvgIpc) is 3.11. The average molecular weight is 439 g/mol. The number of aromatic nitrogens is 2. The summed E-state index contributed by atoms with van der Waals surface area (Å²) in [5.41, 5.74) is 5.31. The smallest absolute Gasteiger partial charge is 0.141 e. The molecule has 5 heteroatoms. The number of ether oxygens (including phenoxy) is 1. The van der Waals surface area contributed by atoms with Crippen molar-refractivity contribution in [2.75, 3.05) is 6.61 Å². The molecule has 0 aliphatic heterocycles. The third-order valence-electron chi connectivity index (χ3n) is 5.21. The summed E-state index contributed by atoms with van der Waals surface area (Å²) >= 11 is 12.3. The van der Waals surface area contributed by atoms with Crippen LogP contribution in [0.5, 0.6) is 5.75 Å². The van der Waals surface area contributed by atoms with Gasteiger partial charge in [-0.1, -0.05) is 35.3 Å². The van der Waals surface area contributed by atoms with E-state index in [1.54, 1.807) is 0 Å². The first kappa shape index (κ1) is 20.8. The van der Waals surface area contributed by atoms with Gasteiger partial charge in [0.25, 0.3) is 0 Å². The summed E-state index contributed by atoms with van der Waals surface area (Å²) in [7, 11) is 0. The normalized spacial score (nSPS) is 11.2. The van der Waals surface area contributed by atoms with Crippen LogP contribution < -0.4 is 4.74 Å². The number of hydrogen-bond acceptors (Lipinski definition) is 2. The molecular weight excluding hydrogens is 415 g/mol. The molecule has 3 aromatic carbocycles. The second-order valence-corrected chi connectivity index (χ2v) is 8.32. The number of para-hydroxylation sites is 2.